The van der Waals surface area contributed by atoms with Gasteiger partial charge in [-0.2, -0.15) is 0 Å². The van der Waals surface area contributed by atoms with Gasteiger partial charge >= 0.3 is 0 Å². The van der Waals surface area contributed by atoms with E-state index in [2.05, 4.69) is 15.6 Å². The number of methoxy groups -OCH3 is 1. The Hall–Kier alpha value is -2.34. The number of amides is 1. The summed E-state index contributed by atoms with van der Waals surface area (Å²) in [5, 5.41) is 5.73. The SMILES string of the molecule is COc1ccc(CNC(=O)CC2(N)C=NC=CN2)cc1. The highest BCUT2D eigenvalue weighted by Crippen LogP contribution is 2.11. The van der Waals surface area contributed by atoms with E-state index in [0.29, 0.717) is 6.54 Å². The average molecular weight is 274 g/mol. The molecule has 106 valence electrons. The summed E-state index contributed by atoms with van der Waals surface area (Å²) >= 11 is 0. The average Bonchev–Trinajstić information content (AvgIpc) is 2.46. The Morgan fingerprint density at radius 3 is 2.80 bits per heavy atom. The molecule has 0 aromatic heterocycles. The van der Waals surface area contributed by atoms with Crippen molar-refractivity contribution in [1.29, 1.82) is 0 Å². The lowest BCUT2D eigenvalue weighted by Gasteiger charge is -2.26. The number of carbonyl (C=O) groups excluding carboxylic acids is 1. The molecule has 1 aromatic carbocycles. The second kappa shape index (κ2) is 6.21. The first-order chi connectivity index (χ1) is 9.61. The summed E-state index contributed by atoms with van der Waals surface area (Å²) in [6.45, 7) is 0.450. The smallest absolute Gasteiger partial charge is 0.224 e. The van der Waals surface area contributed by atoms with Crippen LogP contribution in [-0.2, 0) is 11.3 Å². The lowest BCUT2D eigenvalue weighted by atomic mass is 10.1. The second-order valence-electron chi connectivity index (χ2n) is 4.58. The molecule has 0 spiro atoms. The van der Waals surface area contributed by atoms with Gasteiger partial charge in [-0.05, 0) is 17.7 Å². The topological polar surface area (TPSA) is 88.7 Å². The van der Waals surface area contributed by atoms with Gasteiger partial charge in [-0.1, -0.05) is 12.1 Å². The number of benzene rings is 1. The summed E-state index contributed by atoms with van der Waals surface area (Å²) in [4.78, 5) is 15.8. The van der Waals surface area contributed by atoms with Crippen molar-refractivity contribution < 1.29 is 9.53 Å². The summed E-state index contributed by atoms with van der Waals surface area (Å²) in [7, 11) is 1.62. The van der Waals surface area contributed by atoms with Gasteiger partial charge in [0.25, 0.3) is 0 Å². The van der Waals surface area contributed by atoms with Crippen molar-refractivity contribution in [3.63, 3.8) is 0 Å². The van der Waals surface area contributed by atoms with Gasteiger partial charge in [-0.3, -0.25) is 9.79 Å². The fourth-order valence-electron chi connectivity index (χ4n) is 1.82. The van der Waals surface area contributed by atoms with Gasteiger partial charge in [-0.25, -0.2) is 0 Å². The number of ether oxygens (including phenoxy) is 1. The Kier molecular flexibility index (Phi) is 4.37. The van der Waals surface area contributed by atoms with Crippen molar-refractivity contribution >= 4 is 12.1 Å². The van der Waals surface area contributed by atoms with E-state index in [1.54, 1.807) is 19.5 Å². The normalized spacial score (nSPS) is 20.3. The predicted molar refractivity (Wildman–Crippen MR) is 77.1 cm³/mol. The van der Waals surface area contributed by atoms with E-state index >= 15 is 0 Å². The summed E-state index contributed by atoms with van der Waals surface area (Å²) in [5.74, 6) is 0.646. The minimum atomic E-state index is -0.918. The second-order valence-corrected chi connectivity index (χ2v) is 4.58. The Morgan fingerprint density at radius 1 is 1.45 bits per heavy atom. The third-order valence-corrected chi connectivity index (χ3v) is 2.92. The van der Waals surface area contributed by atoms with E-state index in [9.17, 15) is 4.79 Å². The monoisotopic (exact) mass is 274 g/mol. The molecule has 6 heteroatoms. The first-order valence-corrected chi connectivity index (χ1v) is 6.27. The standard InChI is InChI=1S/C14H18N4O2/c1-20-12-4-2-11(3-5-12)9-17-13(19)8-14(15)10-16-6-7-18-14/h2-7,10,18H,8-9,15H2,1H3,(H,17,19). The highest BCUT2D eigenvalue weighted by molar-refractivity contribution is 5.84. The number of aliphatic imine (C=N–C) groups is 1. The van der Waals surface area contributed by atoms with E-state index in [4.69, 9.17) is 10.5 Å². The van der Waals surface area contributed by atoms with Crippen LogP contribution in [0.2, 0.25) is 0 Å². The van der Waals surface area contributed by atoms with Crippen molar-refractivity contribution in [3.05, 3.63) is 42.2 Å². The molecule has 0 saturated heterocycles. The van der Waals surface area contributed by atoms with Crippen molar-refractivity contribution in [2.24, 2.45) is 10.7 Å². The highest BCUT2D eigenvalue weighted by atomic mass is 16.5. The Labute approximate surface area is 117 Å². The minimum Gasteiger partial charge on any atom is -0.497 e. The fraction of sp³-hybridized carbons (Fsp3) is 0.286. The maximum absolute atomic E-state index is 11.9. The maximum Gasteiger partial charge on any atom is 0.224 e. The molecule has 1 aromatic rings. The molecule has 1 heterocycles. The summed E-state index contributed by atoms with van der Waals surface area (Å²) < 4.78 is 5.08. The van der Waals surface area contributed by atoms with Gasteiger partial charge in [-0.15, -0.1) is 0 Å². The Morgan fingerprint density at radius 2 is 2.20 bits per heavy atom. The molecular formula is C14H18N4O2. The first kappa shape index (κ1) is 14.1. The van der Waals surface area contributed by atoms with Crippen LogP contribution in [0.1, 0.15) is 12.0 Å². The zero-order valence-corrected chi connectivity index (χ0v) is 11.3. The third-order valence-electron chi connectivity index (χ3n) is 2.92. The van der Waals surface area contributed by atoms with E-state index in [1.165, 1.54) is 6.21 Å². The van der Waals surface area contributed by atoms with Crippen LogP contribution in [0.5, 0.6) is 5.75 Å². The van der Waals surface area contributed by atoms with Crippen molar-refractivity contribution in [3.8, 4) is 5.75 Å². The van der Waals surface area contributed by atoms with E-state index in [0.717, 1.165) is 11.3 Å². The van der Waals surface area contributed by atoms with Crippen LogP contribution in [0.3, 0.4) is 0 Å². The van der Waals surface area contributed by atoms with Crippen LogP contribution in [0.4, 0.5) is 0 Å². The highest BCUT2D eigenvalue weighted by Gasteiger charge is 2.25. The maximum atomic E-state index is 11.9. The molecule has 20 heavy (non-hydrogen) atoms. The zero-order valence-electron chi connectivity index (χ0n) is 11.3. The van der Waals surface area contributed by atoms with Crippen molar-refractivity contribution in [2.75, 3.05) is 7.11 Å². The van der Waals surface area contributed by atoms with E-state index in [-0.39, 0.29) is 12.3 Å². The molecule has 1 aliphatic heterocycles. The summed E-state index contributed by atoms with van der Waals surface area (Å²) in [6, 6.07) is 7.51. The van der Waals surface area contributed by atoms with Crippen LogP contribution < -0.4 is 21.1 Å². The van der Waals surface area contributed by atoms with Gasteiger partial charge in [0.2, 0.25) is 5.91 Å². The minimum absolute atomic E-state index is 0.122. The van der Waals surface area contributed by atoms with Crippen molar-refractivity contribution in [2.45, 2.75) is 18.6 Å². The molecule has 2 rings (SSSR count). The Bertz CT molecular complexity index is 524. The van der Waals surface area contributed by atoms with Crippen LogP contribution in [0.15, 0.2) is 41.7 Å². The molecule has 0 radical (unpaired) electrons. The zero-order chi connectivity index (χ0) is 14.4. The molecule has 0 saturated carbocycles. The number of hydrogen-bond donors (Lipinski definition) is 3. The van der Waals surface area contributed by atoms with Crippen LogP contribution in [0.25, 0.3) is 0 Å². The molecule has 1 unspecified atom stereocenters. The van der Waals surface area contributed by atoms with Gasteiger partial charge in [0.05, 0.1) is 13.5 Å². The largest absolute Gasteiger partial charge is 0.497 e. The van der Waals surface area contributed by atoms with E-state index in [1.807, 2.05) is 24.3 Å². The van der Waals surface area contributed by atoms with Crippen LogP contribution in [0, 0.1) is 0 Å². The number of hydrogen-bond acceptors (Lipinski definition) is 5. The lowest BCUT2D eigenvalue weighted by molar-refractivity contribution is -0.122. The molecule has 0 fully saturated rings. The molecule has 1 amide bonds. The van der Waals surface area contributed by atoms with Crippen LogP contribution >= 0.6 is 0 Å². The van der Waals surface area contributed by atoms with E-state index < -0.39 is 5.66 Å². The van der Waals surface area contributed by atoms with Gasteiger partial charge in [0.1, 0.15) is 11.4 Å². The Balaban J connectivity index is 1.82. The number of carbonyl (C=O) groups is 1. The molecule has 0 bridgehead atoms. The first-order valence-electron chi connectivity index (χ1n) is 6.27. The third kappa shape index (κ3) is 3.83. The van der Waals surface area contributed by atoms with Crippen molar-refractivity contribution in [1.82, 2.24) is 10.6 Å². The van der Waals surface area contributed by atoms with Gasteiger partial charge in [0.15, 0.2) is 0 Å². The lowest BCUT2D eigenvalue weighted by Crippen LogP contribution is -2.56. The predicted octanol–water partition coefficient (Wildman–Crippen LogP) is 0.502. The molecule has 6 nitrogen and oxygen atoms in total. The van der Waals surface area contributed by atoms with Gasteiger partial charge in [0, 0.05) is 25.2 Å². The molecular weight excluding hydrogens is 256 g/mol. The molecule has 1 atom stereocenters. The molecule has 0 aliphatic carbocycles. The number of rotatable bonds is 5. The molecule has 1 aliphatic rings. The fourth-order valence-corrected chi connectivity index (χ4v) is 1.82. The van der Waals surface area contributed by atoms with Crippen LogP contribution in [-0.4, -0.2) is 24.9 Å². The number of nitrogens with zero attached hydrogens (tertiary/aromatic N) is 1. The quantitative estimate of drug-likeness (QED) is 0.729. The summed E-state index contributed by atoms with van der Waals surface area (Å²) in [5.41, 5.74) is 6.06. The number of nitrogens with two attached hydrogens (primary N) is 1. The summed E-state index contributed by atoms with van der Waals surface area (Å²) in [6.07, 6.45) is 4.86. The number of nitrogens with one attached hydrogen (secondary N) is 2. The molecule has 4 N–H and O–H groups in total. The van der Waals surface area contributed by atoms with Gasteiger partial charge < -0.3 is 21.1 Å².